The first kappa shape index (κ1) is 17.5. The van der Waals surface area contributed by atoms with Crippen molar-refractivity contribution in [3.63, 3.8) is 0 Å². The number of carbonyl (C=O) groups excluding carboxylic acids is 2. The van der Waals surface area contributed by atoms with Crippen molar-refractivity contribution in [1.82, 2.24) is 5.32 Å². The number of rotatable bonds is 8. The van der Waals surface area contributed by atoms with E-state index < -0.39 is 18.1 Å². The summed E-state index contributed by atoms with van der Waals surface area (Å²) < 4.78 is 9.78. The van der Waals surface area contributed by atoms with E-state index in [1.807, 2.05) is 30.3 Å². The van der Waals surface area contributed by atoms with Gasteiger partial charge in [0.1, 0.15) is 12.6 Å². The molecule has 1 unspecified atom stereocenters. The van der Waals surface area contributed by atoms with Crippen LogP contribution in [0.25, 0.3) is 0 Å². The minimum Gasteiger partial charge on any atom is -0.467 e. The highest BCUT2D eigenvalue weighted by Gasteiger charge is 2.21. The van der Waals surface area contributed by atoms with Gasteiger partial charge >= 0.3 is 12.1 Å². The lowest BCUT2D eigenvalue weighted by Crippen LogP contribution is -2.41. The zero-order chi connectivity index (χ0) is 15.5. The van der Waals surface area contributed by atoms with Gasteiger partial charge in [0.05, 0.1) is 7.11 Å². The Hall–Kier alpha value is -1.56. The molecule has 1 aromatic rings. The summed E-state index contributed by atoms with van der Waals surface area (Å²) in [6, 6.07) is 8.68. The van der Waals surface area contributed by atoms with Gasteiger partial charge in [-0.3, -0.25) is 0 Å². The number of hydrogen-bond acceptors (Lipinski definition) is 4. The van der Waals surface area contributed by atoms with Gasteiger partial charge in [0, 0.05) is 5.33 Å². The summed E-state index contributed by atoms with van der Waals surface area (Å²) in [4.78, 5) is 23.3. The second kappa shape index (κ2) is 10.2. The first-order valence-corrected chi connectivity index (χ1v) is 7.90. The molecule has 0 spiro atoms. The normalized spacial score (nSPS) is 11.5. The molecule has 5 nitrogen and oxygen atoms in total. The van der Waals surface area contributed by atoms with Crippen molar-refractivity contribution in [1.29, 1.82) is 0 Å². The van der Waals surface area contributed by atoms with Gasteiger partial charge in [-0.25, -0.2) is 9.59 Å². The maximum atomic E-state index is 11.7. The second-order valence-electron chi connectivity index (χ2n) is 4.47. The number of esters is 1. The van der Waals surface area contributed by atoms with Crippen LogP contribution < -0.4 is 5.32 Å². The molecule has 1 aromatic carbocycles. The Kier molecular flexibility index (Phi) is 8.50. The molecule has 116 valence electrons. The molecule has 6 heteroatoms. The average Bonchev–Trinajstić information content (AvgIpc) is 2.52. The van der Waals surface area contributed by atoms with Crippen LogP contribution in [0.15, 0.2) is 30.3 Å². The third kappa shape index (κ3) is 7.13. The smallest absolute Gasteiger partial charge is 0.408 e. The fraction of sp³-hybridized carbons (Fsp3) is 0.467. The van der Waals surface area contributed by atoms with Crippen LogP contribution in [0.2, 0.25) is 0 Å². The number of methoxy groups -OCH3 is 1. The number of halogens is 1. The summed E-state index contributed by atoms with van der Waals surface area (Å²) in [7, 11) is 1.30. The van der Waals surface area contributed by atoms with Crippen LogP contribution in [0.3, 0.4) is 0 Å². The Labute approximate surface area is 133 Å². The zero-order valence-electron chi connectivity index (χ0n) is 12.0. The van der Waals surface area contributed by atoms with Crippen molar-refractivity contribution in [2.24, 2.45) is 0 Å². The van der Waals surface area contributed by atoms with E-state index in [9.17, 15) is 9.59 Å². The summed E-state index contributed by atoms with van der Waals surface area (Å²) in [5.41, 5.74) is 0.890. The number of unbranched alkanes of at least 4 members (excludes halogenated alkanes) is 1. The fourth-order valence-electron chi connectivity index (χ4n) is 1.74. The van der Waals surface area contributed by atoms with Gasteiger partial charge in [-0.2, -0.15) is 0 Å². The van der Waals surface area contributed by atoms with Crippen molar-refractivity contribution >= 4 is 28.0 Å². The lowest BCUT2D eigenvalue weighted by Gasteiger charge is -2.16. The number of amides is 1. The largest absolute Gasteiger partial charge is 0.467 e. The molecule has 0 fully saturated rings. The van der Waals surface area contributed by atoms with Crippen molar-refractivity contribution in [2.75, 3.05) is 12.4 Å². The third-order valence-corrected chi connectivity index (χ3v) is 3.43. The van der Waals surface area contributed by atoms with E-state index in [0.717, 1.165) is 23.7 Å². The Morgan fingerprint density at radius 1 is 1.24 bits per heavy atom. The Morgan fingerprint density at radius 2 is 1.95 bits per heavy atom. The predicted octanol–water partition coefficient (Wildman–Crippen LogP) is 3.02. The van der Waals surface area contributed by atoms with Gasteiger partial charge in [0.25, 0.3) is 0 Å². The number of alkyl carbamates (subject to hydrolysis) is 1. The minimum absolute atomic E-state index is 0.169. The van der Waals surface area contributed by atoms with Crippen LogP contribution in [0, 0.1) is 0 Å². The van der Waals surface area contributed by atoms with Crippen molar-refractivity contribution < 1.29 is 19.1 Å². The van der Waals surface area contributed by atoms with Crippen molar-refractivity contribution in [3.8, 4) is 0 Å². The van der Waals surface area contributed by atoms with E-state index >= 15 is 0 Å². The van der Waals surface area contributed by atoms with E-state index in [2.05, 4.69) is 26.0 Å². The van der Waals surface area contributed by atoms with Gasteiger partial charge in [-0.05, 0) is 24.8 Å². The van der Waals surface area contributed by atoms with E-state index in [4.69, 9.17) is 4.74 Å². The topological polar surface area (TPSA) is 64.6 Å². The number of nitrogens with one attached hydrogen (secondary N) is 1. The van der Waals surface area contributed by atoms with Crippen LogP contribution in [-0.4, -0.2) is 30.5 Å². The van der Waals surface area contributed by atoms with Crippen LogP contribution in [0.1, 0.15) is 24.8 Å². The third-order valence-electron chi connectivity index (χ3n) is 2.87. The molecule has 0 saturated carbocycles. The summed E-state index contributed by atoms with van der Waals surface area (Å²) in [5, 5.41) is 3.41. The Bertz CT molecular complexity index is 439. The molecular formula is C15H20BrNO4. The molecule has 21 heavy (non-hydrogen) atoms. The van der Waals surface area contributed by atoms with Crippen LogP contribution in [0.5, 0.6) is 0 Å². The lowest BCUT2D eigenvalue weighted by atomic mass is 10.1. The molecule has 0 aliphatic heterocycles. The van der Waals surface area contributed by atoms with Crippen LogP contribution in [-0.2, 0) is 20.9 Å². The molecule has 0 saturated heterocycles. The molecule has 0 radical (unpaired) electrons. The van der Waals surface area contributed by atoms with Crippen molar-refractivity contribution in [3.05, 3.63) is 35.9 Å². The Morgan fingerprint density at radius 3 is 2.57 bits per heavy atom. The van der Waals surface area contributed by atoms with Crippen molar-refractivity contribution in [2.45, 2.75) is 31.9 Å². The van der Waals surface area contributed by atoms with Gasteiger partial charge in [0.15, 0.2) is 0 Å². The highest BCUT2D eigenvalue weighted by molar-refractivity contribution is 9.09. The molecule has 1 atom stereocenters. The van der Waals surface area contributed by atoms with Gasteiger partial charge in [-0.1, -0.05) is 46.3 Å². The quantitative estimate of drug-likeness (QED) is 0.441. The summed E-state index contributed by atoms with van der Waals surface area (Å²) in [6.45, 7) is 0.169. The van der Waals surface area contributed by atoms with Gasteiger partial charge in [0.2, 0.25) is 0 Å². The predicted molar refractivity (Wildman–Crippen MR) is 83.2 cm³/mol. The standard InChI is InChI=1S/C15H20BrNO4/c1-20-14(18)13(9-5-6-10-16)17-15(19)21-11-12-7-3-2-4-8-12/h2-4,7-8,13H,5-6,9-11H2,1H3,(H,17,19). The van der Waals surface area contributed by atoms with E-state index in [1.54, 1.807) is 0 Å². The first-order valence-electron chi connectivity index (χ1n) is 6.78. The molecule has 1 N–H and O–H groups in total. The highest BCUT2D eigenvalue weighted by atomic mass is 79.9. The average molecular weight is 358 g/mol. The lowest BCUT2D eigenvalue weighted by molar-refractivity contribution is -0.143. The fourth-order valence-corrected chi connectivity index (χ4v) is 2.14. The molecule has 1 amide bonds. The number of hydrogen-bond donors (Lipinski definition) is 1. The minimum atomic E-state index is -0.669. The monoisotopic (exact) mass is 357 g/mol. The summed E-state index contributed by atoms with van der Waals surface area (Å²) >= 11 is 3.33. The second-order valence-corrected chi connectivity index (χ2v) is 5.26. The highest BCUT2D eigenvalue weighted by Crippen LogP contribution is 2.06. The van der Waals surface area contributed by atoms with Crippen LogP contribution in [0.4, 0.5) is 4.79 Å². The first-order chi connectivity index (χ1) is 10.2. The van der Waals surface area contributed by atoms with E-state index in [1.165, 1.54) is 7.11 Å². The molecular weight excluding hydrogens is 338 g/mol. The maximum Gasteiger partial charge on any atom is 0.408 e. The van der Waals surface area contributed by atoms with Crippen LogP contribution >= 0.6 is 15.9 Å². The van der Waals surface area contributed by atoms with E-state index in [-0.39, 0.29) is 6.61 Å². The molecule has 0 heterocycles. The maximum absolute atomic E-state index is 11.7. The SMILES string of the molecule is COC(=O)C(CCCCBr)NC(=O)OCc1ccccc1. The number of carbonyl (C=O) groups is 2. The van der Waals surface area contributed by atoms with Gasteiger partial charge in [-0.15, -0.1) is 0 Å². The molecule has 0 aliphatic carbocycles. The number of benzene rings is 1. The van der Waals surface area contributed by atoms with E-state index in [0.29, 0.717) is 6.42 Å². The number of alkyl halides is 1. The van der Waals surface area contributed by atoms with Gasteiger partial charge < -0.3 is 14.8 Å². The molecule has 0 aliphatic rings. The molecule has 0 bridgehead atoms. The zero-order valence-corrected chi connectivity index (χ0v) is 13.6. The summed E-state index contributed by atoms with van der Waals surface area (Å²) in [6.07, 6.45) is 1.64. The number of ether oxygens (including phenoxy) is 2. The molecule has 1 rings (SSSR count). The molecule has 0 aromatic heterocycles. The Balaban J connectivity index is 2.41. The summed E-state index contributed by atoms with van der Waals surface area (Å²) in [5.74, 6) is -0.457.